The van der Waals surface area contributed by atoms with Gasteiger partial charge in [-0.3, -0.25) is 24.8 Å². The van der Waals surface area contributed by atoms with Crippen LogP contribution in [-0.4, -0.2) is 106 Å². The Balaban J connectivity index is 0.000000966. The highest BCUT2D eigenvalue weighted by Crippen LogP contribution is 2.44. The first-order chi connectivity index (χ1) is 37.1. The third-order valence-corrected chi connectivity index (χ3v) is 14.4. The van der Waals surface area contributed by atoms with Gasteiger partial charge in [0.05, 0.1) is 58.3 Å². The number of aromatic nitrogens is 2. The molecule has 0 saturated heterocycles. The van der Waals surface area contributed by atoms with Gasteiger partial charge in [-0.1, -0.05) is 74.7 Å². The smallest absolute Gasteiger partial charge is 0.251 e. The summed E-state index contributed by atoms with van der Waals surface area (Å²) in [6.45, 7) is 13.7. The number of anilines is 1. The number of pyridine rings is 1. The molecule has 2 heterocycles. The third kappa shape index (κ3) is 24.8. The zero-order valence-electron chi connectivity index (χ0n) is 45.0. The minimum absolute atomic E-state index is 0.183. The number of carbonyl (C=O) groups excluding carboxylic acids is 4. The van der Waals surface area contributed by atoms with Gasteiger partial charge in [-0.25, -0.2) is 4.98 Å². The summed E-state index contributed by atoms with van der Waals surface area (Å²) in [5.74, 6) is 2.23. The van der Waals surface area contributed by atoms with E-state index in [1.807, 2.05) is 44.6 Å². The van der Waals surface area contributed by atoms with Gasteiger partial charge in [0.15, 0.2) is 0 Å². The molecule has 1 saturated carbocycles. The Hall–Kier alpha value is -4.83. The zero-order valence-corrected chi connectivity index (χ0v) is 50.5. The van der Waals surface area contributed by atoms with Gasteiger partial charge in [0.2, 0.25) is 12.8 Å². The number of aryl methyl sites for hydroxylation is 2. The lowest BCUT2D eigenvalue weighted by Gasteiger charge is -2.25. The summed E-state index contributed by atoms with van der Waals surface area (Å²) in [6, 6.07) is 19.0. The average molecular weight is 1250 g/mol. The maximum Gasteiger partial charge on any atom is 0.251 e. The first-order valence-electron chi connectivity index (χ1n) is 24.9. The number of aliphatic hydroxyl groups excluding tert-OH is 1. The molecule has 2 aromatic heterocycles. The average Bonchev–Trinajstić information content (AvgIpc) is 4.15. The van der Waals surface area contributed by atoms with E-state index in [1.165, 1.54) is 30.8 Å². The maximum absolute atomic E-state index is 12.9. The van der Waals surface area contributed by atoms with Crippen LogP contribution >= 0.6 is 63.0 Å². The van der Waals surface area contributed by atoms with Crippen molar-refractivity contribution in [3.63, 3.8) is 0 Å². The summed E-state index contributed by atoms with van der Waals surface area (Å²) in [5.41, 5.74) is 17.2. The van der Waals surface area contributed by atoms with Crippen LogP contribution in [0.25, 0.3) is 10.4 Å². The monoisotopic (exact) mass is 1250 g/mol. The van der Waals surface area contributed by atoms with Crippen LogP contribution in [0.15, 0.2) is 78.6 Å². The van der Waals surface area contributed by atoms with Crippen molar-refractivity contribution in [1.29, 1.82) is 5.41 Å². The van der Waals surface area contributed by atoms with Gasteiger partial charge in [0.1, 0.15) is 30.5 Å². The number of nitrogens with one attached hydrogen (secondary N) is 4. The minimum Gasteiger partial charge on any atom is -0.491 e. The second-order valence-electron chi connectivity index (χ2n) is 18.1. The van der Waals surface area contributed by atoms with Gasteiger partial charge in [-0.15, -0.1) is 11.3 Å². The summed E-state index contributed by atoms with van der Waals surface area (Å²) in [6.07, 6.45) is 11.6. The number of nitrogens with zero attached hydrogens (tertiary/aromatic N) is 2. The first kappa shape index (κ1) is 68.3. The van der Waals surface area contributed by atoms with Gasteiger partial charge in [-0.2, -0.15) is 0 Å². The molecule has 77 heavy (non-hydrogen) atoms. The van der Waals surface area contributed by atoms with E-state index < -0.39 is 6.10 Å². The van der Waals surface area contributed by atoms with Crippen LogP contribution in [0.5, 0.6) is 11.5 Å². The number of amides is 3. The molecule has 3 aromatic carbocycles. The second-order valence-corrected chi connectivity index (χ2v) is 21.9. The molecule has 6 rings (SSSR count). The number of aldehydes is 1. The van der Waals surface area contributed by atoms with Crippen molar-refractivity contribution in [2.75, 3.05) is 65.4 Å². The number of aliphatic hydroxyl groups is 1. The molecule has 0 bridgehead atoms. The largest absolute Gasteiger partial charge is 0.491 e. The first-order valence-corrected chi connectivity index (χ1v) is 30.7. The normalized spacial score (nSPS) is 12.4. The Kier molecular flexibility index (Phi) is 34.3. The van der Waals surface area contributed by atoms with Crippen LogP contribution in [0, 0.1) is 29.6 Å². The Morgan fingerprint density at radius 1 is 0.909 bits per heavy atom. The number of primary amides is 2. The number of nitrogens with two attached hydrogens (primary N) is 2. The molecule has 5 aromatic rings. The number of hydrogen-bond acceptors (Lipinski definition) is 15. The quantitative estimate of drug-likeness (QED) is 0.00849. The van der Waals surface area contributed by atoms with E-state index in [-0.39, 0.29) is 29.9 Å². The highest BCUT2D eigenvalue weighted by Gasteiger charge is 2.38. The molecule has 0 aliphatic heterocycles. The van der Waals surface area contributed by atoms with E-state index in [2.05, 4.69) is 98.2 Å². The number of ether oxygens (including phenoxy) is 4. The lowest BCUT2D eigenvalue weighted by Crippen LogP contribution is -2.27. The molecular weight excluding hydrogens is 1180 g/mol. The zero-order chi connectivity index (χ0) is 57.2. The molecule has 17 nitrogen and oxygen atoms in total. The summed E-state index contributed by atoms with van der Waals surface area (Å²) in [4.78, 5) is 50.3. The van der Waals surface area contributed by atoms with E-state index in [9.17, 15) is 9.59 Å². The van der Waals surface area contributed by atoms with Crippen molar-refractivity contribution >= 4 is 99.4 Å². The van der Waals surface area contributed by atoms with E-state index in [4.69, 9.17) is 62.3 Å². The van der Waals surface area contributed by atoms with Crippen molar-refractivity contribution in [2.45, 2.75) is 79.2 Å². The van der Waals surface area contributed by atoms with Crippen molar-refractivity contribution in [3.05, 3.63) is 122 Å². The number of benzene rings is 3. The molecule has 0 radical (unpaired) electrons. The summed E-state index contributed by atoms with van der Waals surface area (Å²) in [5, 5.41) is 26.3. The fourth-order valence-corrected chi connectivity index (χ4v) is 10.4. The molecule has 1 fully saturated rings. The number of halogens is 3. The lowest BCUT2D eigenvalue weighted by molar-refractivity contribution is -0.114. The van der Waals surface area contributed by atoms with Crippen molar-refractivity contribution < 1.29 is 43.2 Å². The molecule has 1 aliphatic rings. The van der Waals surface area contributed by atoms with Crippen LogP contribution in [0.3, 0.4) is 0 Å². The number of unbranched alkanes of at least 4 members (excludes halogenated alkanes) is 2. The summed E-state index contributed by atoms with van der Waals surface area (Å²) < 4.78 is 23.9. The van der Waals surface area contributed by atoms with Crippen LogP contribution in [0.4, 0.5) is 5.69 Å². The van der Waals surface area contributed by atoms with Gasteiger partial charge >= 0.3 is 0 Å². The van der Waals surface area contributed by atoms with Gasteiger partial charge in [0, 0.05) is 66.3 Å². The maximum atomic E-state index is 12.9. The SMILES string of the molecule is CC(C)(C)C(C=O)C1CC1.CNCCCCCc1ccc(-c2scnc2C)cc1OCCOCCOCCNC(=O)c1ccc(C(=N)c2cc(O[C@H](C)c3c(Cl)cncc3Cl)ccc2NPI)cc1.CO.NC=O.NC=O. The molecule has 2 unspecified atom stereocenters. The van der Waals surface area contributed by atoms with Crippen LogP contribution in [-0.2, 0) is 30.3 Å². The highest BCUT2D eigenvalue weighted by atomic mass is 127. The molecule has 3 amide bonds. The molecule has 422 valence electrons. The standard InChI is InChI=1S/C43H50Cl2IN6O5PS.C9H16O.2CH3NO.CH4O/c1-28-42(59-27-51-28)33-13-8-30(7-5-4-6-16-48-3)39(23-33)56-22-21-55-20-19-54-18-17-50-43(53)32-11-9-31(10-12-32)41(47)35-24-34(14-15-38(35)52-58-46)57-29(2)40-36(44)25-49-26-37(40)45;1-9(2,3)8(6-10)7-4-5-7;2*2-1-3;1-2/h8-15,23-27,29,47-48,52,58H,4-7,16-22H2,1-3H3,(H,50,53);6-8H,4-5H2,1-3H3;2*1H,(H2,2,3);2H,1H3/t29-;;;;/m1..../s1. The number of hydrogen-bond donors (Lipinski definition) is 7. The fraction of sp³-hybridized carbons (Fsp3) is 0.436. The van der Waals surface area contributed by atoms with E-state index in [0.29, 0.717) is 95.8 Å². The van der Waals surface area contributed by atoms with Crippen LogP contribution in [0.1, 0.15) is 104 Å². The van der Waals surface area contributed by atoms with Crippen LogP contribution < -0.4 is 36.7 Å². The number of rotatable bonds is 27. The fourth-order valence-electron chi connectivity index (χ4n) is 7.74. The van der Waals surface area contributed by atoms with E-state index >= 15 is 0 Å². The van der Waals surface area contributed by atoms with Crippen molar-refractivity contribution in [2.24, 2.45) is 28.7 Å². The molecule has 1 aliphatic carbocycles. The van der Waals surface area contributed by atoms with Crippen LogP contribution in [0.2, 0.25) is 10.0 Å². The molecule has 0 spiro atoms. The molecule has 3 atom stereocenters. The summed E-state index contributed by atoms with van der Waals surface area (Å²) >= 11 is 16.6. The highest BCUT2D eigenvalue weighted by molar-refractivity contribution is 14.2. The summed E-state index contributed by atoms with van der Waals surface area (Å²) in [7, 11) is 2.99. The Morgan fingerprint density at radius 2 is 1.53 bits per heavy atom. The number of thiazole rings is 1. The predicted octanol–water partition coefficient (Wildman–Crippen LogP) is 10.6. The predicted molar refractivity (Wildman–Crippen MR) is 322 cm³/mol. The molecule has 22 heteroatoms. The van der Waals surface area contributed by atoms with Crippen molar-refractivity contribution in [3.8, 4) is 21.9 Å². The topological polar surface area (TPSA) is 263 Å². The Labute approximate surface area is 482 Å². The van der Waals surface area contributed by atoms with Gasteiger partial charge < -0.3 is 56.0 Å². The lowest BCUT2D eigenvalue weighted by atomic mass is 9.79. The van der Waals surface area contributed by atoms with Gasteiger partial charge in [0.25, 0.3) is 5.91 Å². The van der Waals surface area contributed by atoms with E-state index in [0.717, 1.165) is 73.2 Å². The van der Waals surface area contributed by atoms with Crippen molar-refractivity contribution in [1.82, 2.24) is 20.6 Å². The van der Waals surface area contributed by atoms with Gasteiger partial charge in [-0.05, 0) is 140 Å². The number of carbonyl (C=O) groups is 4. The minimum atomic E-state index is -0.455. The third-order valence-electron chi connectivity index (χ3n) is 11.6. The Morgan fingerprint density at radius 3 is 2.09 bits per heavy atom. The Bertz CT molecular complexity index is 2510. The molecular formula is C55H76Cl2IN8O9PS. The van der Waals surface area contributed by atoms with E-state index in [1.54, 1.807) is 35.6 Å². The second kappa shape index (κ2) is 38.7. The molecule has 9 N–H and O–H groups in total.